The first-order valence-electron chi connectivity index (χ1n) is 9.97. The van der Waals surface area contributed by atoms with Gasteiger partial charge in [0.05, 0.1) is 18.9 Å². The molecule has 1 amide bonds. The fourth-order valence-electron chi connectivity index (χ4n) is 3.65. The van der Waals surface area contributed by atoms with Crippen molar-refractivity contribution in [1.82, 2.24) is 15.5 Å². The number of ether oxygens (including phenoxy) is 2. The zero-order chi connectivity index (χ0) is 20.5. The molecule has 7 heteroatoms. The molecule has 0 spiro atoms. The summed E-state index contributed by atoms with van der Waals surface area (Å²) in [5.41, 5.74) is 4.08. The number of nitrogens with one attached hydrogen (secondary N) is 2. The van der Waals surface area contributed by atoms with Gasteiger partial charge in [0.1, 0.15) is 17.8 Å². The number of hydrogen-bond donors (Lipinski definition) is 2. The molecule has 1 aromatic carbocycles. The van der Waals surface area contributed by atoms with Gasteiger partial charge in [0.25, 0.3) is 11.5 Å². The zero-order valence-corrected chi connectivity index (χ0v) is 16.3. The van der Waals surface area contributed by atoms with Crippen molar-refractivity contribution in [3.05, 3.63) is 92.9 Å². The Labute approximate surface area is 173 Å². The van der Waals surface area contributed by atoms with Crippen LogP contribution in [0.15, 0.2) is 59.4 Å². The standard InChI is InChI=1S/C23H21N3O4/c27-22(17-10-18(25-26-23(17)28)14-6-3-1-2-4-7-14)24-11-15-8-5-9-16(19-12-29-19)21(15)20-13-30-20/h1,3-10,19-20H,2,11-13H2,(H,24,27)(H,26,28)/t19?,20-/m0/s1. The Morgan fingerprint density at radius 3 is 2.83 bits per heavy atom. The monoisotopic (exact) mass is 403 g/mol. The summed E-state index contributed by atoms with van der Waals surface area (Å²) in [7, 11) is 0. The van der Waals surface area contributed by atoms with E-state index in [0.717, 1.165) is 28.7 Å². The van der Waals surface area contributed by atoms with Crippen LogP contribution in [0.3, 0.4) is 0 Å². The number of benzene rings is 1. The van der Waals surface area contributed by atoms with Gasteiger partial charge in [0.15, 0.2) is 0 Å². The van der Waals surface area contributed by atoms with Crippen LogP contribution < -0.4 is 10.9 Å². The number of carbonyl (C=O) groups is 1. The molecule has 1 unspecified atom stereocenters. The van der Waals surface area contributed by atoms with Gasteiger partial charge in [-0.05, 0) is 29.2 Å². The van der Waals surface area contributed by atoms with Crippen molar-refractivity contribution in [3.63, 3.8) is 0 Å². The molecule has 2 aromatic rings. The van der Waals surface area contributed by atoms with Gasteiger partial charge < -0.3 is 14.8 Å². The molecule has 3 aliphatic rings. The average Bonchev–Trinajstić information content (AvgIpc) is 3.65. The molecule has 2 N–H and O–H groups in total. The maximum atomic E-state index is 12.8. The van der Waals surface area contributed by atoms with Crippen molar-refractivity contribution in [1.29, 1.82) is 0 Å². The van der Waals surface area contributed by atoms with Crippen LogP contribution in [-0.2, 0) is 16.0 Å². The number of aromatic amines is 1. The number of allylic oxidation sites excluding steroid dienone is 6. The quantitative estimate of drug-likeness (QED) is 0.723. The summed E-state index contributed by atoms with van der Waals surface area (Å²) in [5, 5.41) is 9.40. The van der Waals surface area contributed by atoms with Crippen LogP contribution in [0.5, 0.6) is 0 Å². The third-order valence-corrected chi connectivity index (χ3v) is 5.33. The van der Waals surface area contributed by atoms with Crippen LogP contribution in [0.25, 0.3) is 5.57 Å². The number of H-pyrrole nitrogens is 1. The average molecular weight is 403 g/mol. The van der Waals surface area contributed by atoms with Crippen LogP contribution in [0, 0.1) is 0 Å². The summed E-state index contributed by atoms with van der Waals surface area (Å²) < 4.78 is 11.0. The van der Waals surface area contributed by atoms with Crippen molar-refractivity contribution in [2.75, 3.05) is 13.2 Å². The van der Waals surface area contributed by atoms with Gasteiger partial charge in [-0.25, -0.2) is 5.10 Å². The highest BCUT2D eigenvalue weighted by Crippen LogP contribution is 2.41. The first kappa shape index (κ1) is 18.7. The lowest BCUT2D eigenvalue weighted by Gasteiger charge is -2.13. The Bertz CT molecular complexity index is 1140. The number of hydrogen-bond acceptors (Lipinski definition) is 5. The van der Waals surface area contributed by atoms with Crippen LogP contribution >= 0.6 is 0 Å². The molecule has 152 valence electrons. The van der Waals surface area contributed by atoms with Crippen LogP contribution in [0.2, 0.25) is 0 Å². The minimum Gasteiger partial charge on any atom is -0.368 e. The number of nitrogens with zero attached hydrogens (tertiary/aromatic N) is 1. The second-order valence-electron chi connectivity index (χ2n) is 7.43. The highest BCUT2D eigenvalue weighted by atomic mass is 16.6. The van der Waals surface area contributed by atoms with E-state index in [9.17, 15) is 9.59 Å². The molecule has 30 heavy (non-hydrogen) atoms. The predicted octanol–water partition coefficient (Wildman–Crippen LogP) is 2.74. The molecule has 0 saturated carbocycles. The fourth-order valence-corrected chi connectivity index (χ4v) is 3.65. The van der Waals surface area contributed by atoms with Crippen LogP contribution in [0.1, 0.15) is 51.4 Å². The van der Waals surface area contributed by atoms with Crippen molar-refractivity contribution < 1.29 is 14.3 Å². The van der Waals surface area contributed by atoms with E-state index < -0.39 is 11.5 Å². The van der Waals surface area contributed by atoms with Crippen molar-refractivity contribution in [3.8, 4) is 0 Å². The first-order chi connectivity index (χ1) is 14.7. The van der Waals surface area contributed by atoms with Gasteiger partial charge in [-0.15, -0.1) is 0 Å². The third-order valence-electron chi connectivity index (χ3n) is 5.33. The van der Waals surface area contributed by atoms with Crippen LogP contribution in [-0.4, -0.2) is 29.3 Å². The van der Waals surface area contributed by atoms with Crippen molar-refractivity contribution in [2.24, 2.45) is 0 Å². The van der Waals surface area contributed by atoms with E-state index in [1.54, 1.807) is 0 Å². The molecule has 1 aliphatic carbocycles. The van der Waals surface area contributed by atoms with Gasteiger partial charge in [-0.3, -0.25) is 9.59 Å². The van der Waals surface area contributed by atoms with E-state index in [0.29, 0.717) is 25.5 Å². The Morgan fingerprint density at radius 2 is 2.03 bits per heavy atom. The molecule has 2 aliphatic heterocycles. The Kier molecular flexibility index (Phi) is 4.90. The maximum absolute atomic E-state index is 12.8. The van der Waals surface area contributed by atoms with E-state index in [1.165, 1.54) is 6.07 Å². The molecule has 2 atom stereocenters. The summed E-state index contributed by atoms with van der Waals surface area (Å²) in [5.74, 6) is -0.440. The smallest absolute Gasteiger partial charge is 0.277 e. The number of rotatable bonds is 6. The Hall–Kier alpha value is -3.29. The summed E-state index contributed by atoms with van der Waals surface area (Å²) >= 11 is 0. The molecule has 3 heterocycles. The van der Waals surface area contributed by atoms with Crippen molar-refractivity contribution >= 4 is 11.5 Å². The van der Waals surface area contributed by atoms with E-state index >= 15 is 0 Å². The topological polar surface area (TPSA) is 99.9 Å². The lowest BCUT2D eigenvalue weighted by atomic mass is 9.96. The molecule has 0 radical (unpaired) electrons. The minimum atomic E-state index is -0.518. The van der Waals surface area contributed by atoms with Crippen LogP contribution in [0.4, 0.5) is 0 Å². The predicted molar refractivity (Wildman–Crippen MR) is 111 cm³/mol. The molecule has 2 saturated heterocycles. The number of aromatic nitrogens is 2. The highest BCUT2D eigenvalue weighted by molar-refractivity contribution is 5.94. The van der Waals surface area contributed by atoms with E-state index in [2.05, 4.69) is 15.5 Å². The second kappa shape index (κ2) is 7.85. The Balaban J connectivity index is 1.37. The molecule has 1 aromatic heterocycles. The fraction of sp³-hybridized carbons (Fsp3) is 0.261. The van der Waals surface area contributed by atoms with Gasteiger partial charge in [0.2, 0.25) is 0 Å². The first-order valence-corrected chi connectivity index (χ1v) is 9.97. The third kappa shape index (κ3) is 3.90. The Morgan fingerprint density at radius 1 is 1.20 bits per heavy atom. The normalized spacial score (nSPS) is 21.7. The van der Waals surface area contributed by atoms with E-state index in [4.69, 9.17) is 9.47 Å². The maximum Gasteiger partial charge on any atom is 0.277 e. The minimum absolute atomic E-state index is 0.0356. The van der Waals surface area contributed by atoms with Gasteiger partial charge >= 0.3 is 0 Å². The van der Waals surface area contributed by atoms with Crippen molar-refractivity contribution in [2.45, 2.75) is 25.2 Å². The second-order valence-corrected chi connectivity index (χ2v) is 7.43. The lowest BCUT2D eigenvalue weighted by molar-refractivity contribution is 0.0949. The molecule has 2 fully saturated rings. The van der Waals surface area contributed by atoms with Gasteiger partial charge in [-0.2, -0.15) is 5.10 Å². The molecular formula is C23H21N3O4. The zero-order valence-electron chi connectivity index (χ0n) is 16.3. The molecule has 5 rings (SSSR count). The number of epoxide rings is 2. The lowest BCUT2D eigenvalue weighted by Crippen LogP contribution is -2.30. The van der Waals surface area contributed by atoms with E-state index in [1.807, 2.05) is 48.6 Å². The highest BCUT2D eigenvalue weighted by Gasteiger charge is 2.36. The summed E-state index contributed by atoms with van der Waals surface area (Å²) in [6, 6.07) is 7.50. The summed E-state index contributed by atoms with van der Waals surface area (Å²) in [4.78, 5) is 25.0. The van der Waals surface area contributed by atoms with E-state index in [-0.39, 0.29) is 17.8 Å². The van der Waals surface area contributed by atoms with Gasteiger partial charge in [-0.1, -0.05) is 48.6 Å². The largest absolute Gasteiger partial charge is 0.368 e. The number of carbonyl (C=O) groups excluding carboxylic acids is 1. The SMILES string of the molecule is O=C(NCc1cccc(C2CO2)c1[C@@H]1CO1)c1cc(C2=CC=CCC=C2)n[nH]c1=O. The number of amides is 1. The molecule has 7 nitrogen and oxygen atoms in total. The molecule has 0 bridgehead atoms. The molecular weight excluding hydrogens is 382 g/mol. The summed E-state index contributed by atoms with van der Waals surface area (Å²) in [6.45, 7) is 1.69. The van der Waals surface area contributed by atoms with Gasteiger partial charge in [0, 0.05) is 12.1 Å². The summed E-state index contributed by atoms with van der Waals surface area (Å²) in [6.07, 6.45) is 10.8.